The Morgan fingerprint density at radius 2 is 2.00 bits per heavy atom. The lowest BCUT2D eigenvalue weighted by atomic mass is 9.91. The fourth-order valence-corrected chi connectivity index (χ4v) is 1.44. The summed E-state index contributed by atoms with van der Waals surface area (Å²) >= 11 is 0. The third-order valence-electron chi connectivity index (χ3n) is 2.58. The molecule has 1 aliphatic rings. The summed E-state index contributed by atoms with van der Waals surface area (Å²) in [6.07, 6.45) is 5.41. The van der Waals surface area contributed by atoms with Crippen LogP contribution in [0.1, 0.15) is 40.0 Å². The van der Waals surface area contributed by atoms with Crippen molar-refractivity contribution in [3.8, 4) is 0 Å². The highest BCUT2D eigenvalue weighted by Gasteiger charge is 2.09. The van der Waals surface area contributed by atoms with Crippen molar-refractivity contribution in [3.05, 3.63) is 22.8 Å². The SMILES string of the molecule is CC(=O)C(C)=C1CC=C(C)CC1. The standard InChI is InChI=1S/C11H16O/c1-8-4-6-11(7-5-8)9(2)10(3)12/h4H,5-7H2,1-3H3. The van der Waals surface area contributed by atoms with Crippen LogP contribution in [0.5, 0.6) is 0 Å². The van der Waals surface area contributed by atoms with E-state index in [4.69, 9.17) is 0 Å². The van der Waals surface area contributed by atoms with E-state index in [2.05, 4.69) is 13.0 Å². The first kappa shape index (κ1) is 9.24. The van der Waals surface area contributed by atoms with Gasteiger partial charge in [0.05, 0.1) is 0 Å². The van der Waals surface area contributed by atoms with Crippen molar-refractivity contribution in [1.29, 1.82) is 0 Å². The Labute approximate surface area is 74.2 Å². The third-order valence-corrected chi connectivity index (χ3v) is 2.58. The van der Waals surface area contributed by atoms with Gasteiger partial charge in [0.1, 0.15) is 0 Å². The predicted molar refractivity (Wildman–Crippen MR) is 51.0 cm³/mol. The van der Waals surface area contributed by atoms with Crippen LogP contribution in [-0.4, -0.2) is 5.78 Å². The Hall–Kier alpha value is -0.850. The number of ketones is 1. The highest BCUT2D eigenvalue weighted by Crippen LogP contribution is 2.25. The van der Waals surface area contributed by atoms with E-state index in [9.17, 15) is 4.79 Å². The van der Waals surface area contributed by atoms with Gasteiger partial charge < -0.3 is 0 Å². The molecule has 0 radical (unpaired) electrons. The molecular formula is C11H16O. The molecule has 1 heteroatoms. The summed E-state index contributed by atoms with van der Waals surface area (Å²) in [5.74, 6) is 0.220. The Morgan fingerprint density at radius 3 is 2.42 bits per heavy atom. The molecule has 0 fully saturated rings. The van der Waals surface area contributed by atoms with Crippen LogP contribution < -0.4 is 0 Å². The predicted octanol–water partition coefficient (Wildman–Crippen LogP) is 3.02. The van der Waals surface area contributed by atoms with E-state index in [1.165, 1.54) is 11.1 Å². The first-order valence-corrected chi connectivity index (χ1v) is 4.46. The monoisotopic (exact) mass is 164 g/mol. The number of carbonyl (C=O) groups is 1. The molecule has 0 aromatic carbocycles. The maximum Gasteiger partial charge on any atom is 0.155 e. The summed E-state index contributed by atoms with van der Waals surface area (Å²) in [6.45, 7) is 5.74. The smallest absolute Gasteiger partial charge is 0.155 e. The minimum atomic E-state index is 0.220. The van der Waals surface area contributed by atoms with Crippen molar-refractivity contribution in [2.75, 3.05) is 0 Å². The van der Waals surface area contributed by atoms with Crippen molar-refractivity contribution < 1.29 is 4.79 Å². The second kappa shape index (κ2) is 3.70. The van der Waals surface area contributed by atoms with E-state index < -0.39 is 0 Å². The van der Waals surface area contributed by atoms with Gasteiger partial charge in [0, 0.05) is 0 Å². The molecule has 0 heterocycles. The molecule has 0 amide bonds. The third kappa shape index (κ3) is 2.07. The number of Topliss-reactive ketones (excluding diaryl/α,β-unsaturated/α-hetero) is 1. The molecule has 0 N–H and O–H groups in total. The molecule has 12 heavy (non-hydrogen) atoms. The summed E-state index contributed by atoms with van der Waals surface area (Å²) in [7, 11) is 0. The van der Waals surface area contributed by atoms with E-state index in [1.54, 1.807) is 6.92 Å². The van der Waals surface area contributed by atoms with Gasteiger partial charge in [0.2, 0.25) is 0 Å². The molecule has 0 atom stereocenters. The summed E-state index contributed by atoms with van der Waals surface area (Å²) in [5, 5.41) is 0. The lowest BCUT2D eigenvalue weighted by Crippen LogP contribution is -2.01. The maximum atomic E-state index is 11.0. The summed E-state index contributed by atoms with van der Waals surface area (Å²) in [6, 6.07) is 0. The normalized spacial score (nSPS) is 21.8. The van der Waals surface area contributed by atoms with Crippen LogP contribution in [-0.2, 0) is 4.79 Å². The van der Waals surface area contributed by atoms with Gasteiger partial charge in [-0.25, -0.2) is 0 Å². The zero-order chi connectivity index (χ0) is 9.14. The van der Waals surface area contributed by atoms with Crippen molar-refractivity contribution >= 4 is 5.78 Å². The molecule has 0 saturated heterocycles. The Morgan fingerprint density at radius 1 is 1.33 bits per heavy atom. The molecule has 0 spiro atoms. The number of hydrogen-bond donors (Lipinski definition) is 0. The first-order valence-electron chi connectivity index (χ1n) is 4.46. The molecule has 0 aromatic rings. The van der Waals surface area contributed by atoms with Crippen molar-refractivity contribution in [2.45, 2.75) is 40.0 Å². The average molecular weight is 164 g/mol. The van der Waals surface area contributed by atoms with Crippen LogP contribution in [0.15, 0.2) is 22.8 Å². The first-order chi connectivity index (χ1) is 5.61. The molecule has 1 nitrogen and oxygen atoms in total. The fourth-order valence-electron chi connectivity index (χ4n) is 1.44. The van der Waals surface area contributed by atoms with Crippen molar-refractivity contribution in [3.63, 3.8) is 0 Å². The molecule has 0 unspecified atom stereocenters. The van der Waals surface area contributed by atoms with E-state index >= 15 is 0 Å². The summed E-state index contributed by atoms with van der Waals surface area (Å²) in [5.41, 5.74) is 3.75. The second-order valence-corrected chi connectivity index (χ2v) is 3.54. The highest BCUT2D eigenvalue weighted by molar-refractivity contribution is 5.93. The lowest BCUT2D eigenvalue weighted by molar-refractivity contribution is -0.113. The van der Waals surface area contributed by atoms with Gasteiger partial charge >= 0.3 is 0 Å². The van der Waals surface area contributed by atoms with E-state index in [-0.39, 0.29) is 5.78 Å². The quantitative estimate of drug-likeness (QED) is 0.430. The summed E-state index contributed by atoms with van der Waals surface area (Å²) in [4.78, 5) is 11.0. The van der Waals surface area contributed by atoms with E-state index in [0.717, 1.165) is 24.8 Å². The van der Waals surface area contributed by atoms with Gasteiger partial charge in [0.25, 0.3) is 0 Å². The molecule has 0 aliphatic heterocycles. The Kier molecular flexibility index (Phi) is 2.85. The van der Waals surface area contributed by atoms with Crippen LogP contribution >= 0.6 is 0 Å². The van der Waals surface area contributed by atoms with Gasteiger partial charge in [-0.3, -0.25) is 4.79 Å². The van der Waals surface area contributed by atoms with Gasteiger partial charge in [-0.2, -0.15) is 0 Å². The number of hydrogen-bond acceptors (Lipinski definition) is 1. The largest absolute Gasteiger partial charge is 0.295 e. The molecule has 1 aliphatic carbocycles. The van der Waals surface area contributed by atoms with Crippen molar-refractivity contribution in [1.82, 2.24) is 0 Å². The highest BCUT2D eigenvalue weighted by atomic mass is 16.1. The minimum absolute atomic E-state index is 0.220. The van der Waals surface area contributed by atoms with Gasteiger partial charge in [-0.1, -0.05) is 17.2 Å². The molecular weight excluding hydrogens is 148 g/mol. The molecule has 0 bridgehead atoms. The number of carbonyl (C=O) groups excluding carboxylic acids is 1. The lowest BCUT2D eigenvalue weighted by Gasteiger charge is -2.14. The van der Waals surface area contributed by atoms with Crippen LogP contribution in [0.25, 0.3) is 0 Å². The second-order valence-electron chi connectivity index (χ2n) is 3.54. The molecule has 0 aromatic heterocycles. The van der Waals surface area contributed by atoms with Gasteiger partial charge in [-0.05, 0) is 45.6 Å². The van der Waals surface area contributed by atoms with Crippen LogP contribution in [0, 0.1) is 0 Å². The van der Waals surface area contributed by atoms with Crippen LogP contribution in [0.3, 0.4) is 0 Å². The van der Waals surface area contributed by atoms with Crippen LogP contribution in [0.4, 0.5) is 0 Å². The van der Waals surface area contributed by atoms with E-state index in [0.29, 0.717) is 0 Å². The number of rotatable bonds is 1. The minimum Gasteiger partial charge on any atom is -0.295 e. The van der Waals surface area contributed by atoms with Gasteiger partial charge in [-0.15, -0.1) is 0 Å². The fraction of sp³-hybridized carbons (Fsp3) is 0.545. The topological polar surface area (TPSA) is 17.1 Å². The van der Waals surface area contributed by atoms with Crippen LogP contribution in [0.2, 0.25) is 0 Å². The summed E-state index contributed by atoms with van der Waals surface area (Å²) < 4.78 is 0. The Bertz CT molecular complexity index is 256. The van der Waals surface area contributed by atoms with E-state index in [1.807, 2.05) is 6.92 Å². The molecule has 0 saturated carbocycles. The van der Waals surface area contributed by atoms with Gasteiger partial charge in [0.15, 0.2) is 5.78 Å². The average Bonchev–Trinajstić information content (AvgIpc) is 2.04. The zero-order valence-electron chi connectivity index (χ0n) is 8.11. The Balaban J connectivity index is 2.79. The maximum absolute atomic E-state index is 11.0. The zero-order valence-corrected chi connectivity index (χ0v) is 8.11. The molecule has 66 valence electrons. The van der Waals surface area contributed by atoms with Crippen molar-refractivity contribution in [2.24, 2.45) is 0 Å². The molecule has 1 rings (SSSR count). The number of allylic oxidation sites excluding steroid dienone is 4.